The number of rotatable bonds is 4. The zero-order valence-corrected chi connectivity index (χ0v) is 9.03. The molecule has 1 aromatic heterocycles. The van der Waals surface area contributed by atoms with Gasteiger partial charge in [-0.25, -0.2) is 4.98 Å². The maximum absolute atomic E-state index is 4.49. The summed E-state index contributed by atoms with van der Waals surface area (Å²) >= 11 is 1.73. The van der Waals surface area contributed by atoms with Gasteiger partial charge < -0.3 is 5.32 Å². The van der Waals surface area contributed by atoms with Crippen molar-refractivity contribution in [3.8, 4) is 0 Å². The van der Waals surface area contributed by atoms with Gasteiger partial charge in [0.15, 0.2) is 5.13 Å². The molecule has 3 heteroatoms. The lowest BCUT2D eigenvalue weighted by atomic mass is 10.3. The van der Waals surface area contributed by atoms with Crippen LogP contribution in [0.5, 0.6) is 0 Å². The minimum absolute atomic E-state index is 0.709. The SMILES string of the molecule is CCc1csc(NC2CC2CC)n1. The van der Waals surface area contributed by atoms with E-state index in [0.717, 1.165) is 17.5 Å². The molecule has 1 aliphatic rings. The number of hydrogen-bond donors (Lipinski definition) is 1. The van der Waals surface area contributed by atoms with Crippen LogP contribution in [0.15, 0.2) is 5.38 Å². The van der Waals surface area contributed by atoms with Gasteiger partial charge in [-0.2, -0.15) is 0 Å². The number of anilines is 1. The number of nitrogens with one attached hydrogen (secondary N) is 1. The first-order valence-electron chi connectivity index (χ1n) is 5.04. The minimum Gasteiger partial charge on any atom is -0.358 e. The highest BCUT2D eigenvalue weighted by atomic mass is 32.1. The smallest absolute Gasteiger partial charge is 0.183 e. The van der Waals surface area contributed by atoms with E-state index in [1.807, 2.05) is 0 Å². The van der Waals surface area contributed by atoms with Crippen LogP contribution in [0.4, 0.5) is 5.13 Å². The van der Waals surface area contributed by atoms with Crippen LogP contribution in [-0.4, -0.2) is 11.0 Å². The maximum atomic E-state index is 4.49. The quantitative estimate of drug-likeness (QED) is 0.801. The predicted octanol–water partition coefficient (Wildman–Crippen LogP) is 2.92. The minimum atomic E-state index is 0.709. The molecule has 0 aromatic carbocycles. The van der Waals surface area contributed by atoms with Crippen molar-refractivity contribution in [1.82, 2.24) is 4.98 Å². The summed E-state index contributed by atoms with van der Waals surface area (Å²) in [6, 6.07) is 0.709. The van der Waals surface area contributed by atoms with E-state index in [2.05, 4.69) is 29.5 Å². The first-order valence-corrected chi connectivity index (χ1v) is 5.92. The molecule has 2 unspecified atom stereocenters. The highest BCUT2D eigenvalue weighted by Crippen LogP contribution is 2.36. The van der Waals surface area contributed by atoms with Crippen molar-refractivity contribution in [2.75, 3.05) is 5.32 Å². The Morgan fingerprint density at radius 3 is 3.00 bits per heavy atom. The monoisotopic (exact) mass is 196 g/mol. The van der Waals surface area contributed by atoms with Crippen LogP contribution in [0, 0.1) is 5.92 Å². The number of nitrogens with zero attached hydrogens (tertiary/aromatic N) is 1. The summed E-state index contributed by atoms with van der Waals surface area (Å²) in [4.78, 5) is 4.49. The van der Waals surface area contributed by atoms with Crippen LogP contribution in [0.1, 0.15) is 32.4 Å². The van der Waals surface area contributed by atoms with Crippen molar-refractivity contribution >= 4 is 16.5 Å². The molecule has 1 heterocycles. The summed E-state index contributed by atoms with van der Waals surface area (Å²) in [6.45, 7) is 4.40. The summed E-state index contributed by atoms with van der Waals surface area (Å²) in [5.74, 6) is 0.897. The van der Waals surface area contributed by atoms with Crippen molar-refractivity contribution in [3.05, 3.63) is 11.1 Å². The Morgan fingerprint density at radius 2 is 2.46 bits per heavy atom. The summed E-state index contributed by atoms with van der Waals surface area (Å²) in [5, 5.41) is 6.73. The molecular weight excluding hydrogens is 180 g/mol. The van der Waals surface area contributed by atoms with Gasteiger partial charge in [0.2, 0.25) is 0 Å². The summed E-state index contributed by atoms with van der Waals surface area (Å²) in [7, 11) is 0. The van der Waals surface area contributed by atoms with E-state index in [1.54, 1.807) is 11.3 Å². The van der Waals surface area contributed by atoms with Crippen LogP contribution in [0.25, 0.3) is 0 Å². The average Bonchev–Trinajstić information content (AvgIpc) is 2.73. The van der Waals surface area contributed by atoms with Crippen molar-refractivity contribution in [2.24, 2.45) is 5.92 Å². The molecule has 1 saturated carbocycles. The van der Waals surface area contributed by atoms with Gasteiger partial charge in [0.25, 0.3) is 0 Å². The normalized spacial score (nSPS) is 26.0. The van der Waals surface area contributed by atoms with Gasteiger partial charge in [-0.15, -0.1) is 11.3 Å². The van der Waals surface area contributed by atoms with Gasteiger partial charge in [-0.05, 0) is 18.8 Å². The summed E-state index contributed by atoms with van der Waals surface area (Å²) in [6.07, 6.45) is 3.67. The van der Waals surface area contributed by atoms with E-state index in [-0.39, 0.29) is 0 Å². The fraction of sp³-hybridized carbons (Fsp3) is 0.700. The Labute approximate surface area is 83.4 Å². The van der Waals surface area contributed by atoms with E-state index >= 15 is 0 Å². The highest BCUT2D eigenvalue weighted by molar-refractivity contribution is 7.13. The molecule has 0 spiro atoms. The molecule has 0 saturated heterocycles. The van der Waals surface area contributed by atoms with E-state index in [1.165, 1.54) is 18.5 Å². The van der Waals surface area contributed by atoms with Gasteiger partial charge in [-0.3, -0.25) is 0 Å². The Bertz CT molecular complexity index is 282. The fourth-order valence-electron chi connectivity index (χ4n) is 1.57. The molecule has 72 valence electrons. The van der Waals surface area contributed by atoms with Crippen molar-refractivity contribution < 1.29 is 0 Å². The van der Waals surface area contributed by atoms with Gasteiger partial charge in [-0.1, -0.05) is 20.3 Å². The lowest BCUT2D eigenvalue weighted by Crippen LogP contribution is -2.03. The molecule has 2 atom stereocenters. The Balaban J connectivity index is 1.88. The largest absolute Gasteiger partial charge is 0.358 e. The summed E-state index contributed by atoms with van der Waals surface area (Å²) < 4.78 is 0. The third-order valence-electron chi connectivity index (χ3n) is 2.67. The van der Waals surface area contributed by atoms with E-state index in [9.17, 15) is 0 Å². The molecule has 0 amide bonds. The highest BCUT2D eigenvalue weighted by Gasteiger charge is 2.35. The summed E-state index contributed by atoms with van der Waals surface area (Å²) in [5.41, 5.74) is 1.21. The van der Waals surface area contributed by atoms with Crippen molar-refractivity contribution in [1.29, 1.82) is 0 Å². The fourth-order valence-corrected chi connectivity index (χ4v) is 2.43. The predicted molar refractivity (Wildman–Crippen MR) is 57.3 cm³/mol. The molecule has 2 nitrogen and oxygen atoms in total. The van der Waals surface area contributed by atoms with Gasteiger partial charge >= 0.3 is 0 Å². The van der Waals surface area contributed by atoms with Crippen molar-refractivity contribution in [2.45, 2.75) is 39.2 Å². The van der Waals surface area contributed by atoms with E-state index < -0.39 is 0 Å². The molecule has 1 fully saturated rings. The average molecular weight is 196 g/mol. The lowest BCUT2D eigenvalue weighted by molar-refractivity contribution is 0.774. The number of aryl methyl sites for hydroxylation is 1. The van der Waals surface area contributed by atoms with Crippen LogP contribution in [0.3, 0.4) is 0 Å². The molecule has 1 aromatic rings. The maximum Gasteiger partial charge on any atom is 0.183 e. The zero-order valence-electron chi connectivity index (χ0n) is 8.21. The second-order valence-corrected chi connectivity index (χ2v) is 4.51. The molecule has 0 aliphatic heterocycles. The molecule has 2 rings (SSSR count). The van der Waals surface area contributed by atoms with E-state index in [0.29, 0.717) is 6.04 Å². The number of aromatic nitrogens is 1. The number of hydrogen-bond acceptors (Lipinski definition) is 3. The van der Waals surface area contributed by atoms with Crippen LogP contribution in [0.2, 0.25) is 0 Å². The molecular formula is C10H16N2S. The molecule has 13 heavy (non-hydrogen) atoms. The molecule has 1 N–H and O–H groups in total. The van der Waals surface area contributed by atoms with Crippen LogP contribution >= 0.6 is 11.3 Å². The van der Waals surface area contributed by atoms with Crippen LogP contribution in [-0.2, 0) is 6.42 Å². The van der Waals surface area contributed by atoms with Gasteiger partial charge in [0.1, 0.15) is 0 Å². The lowest BCUT2D eigenvalue weighted by Gasteiger charge is -1.98. The Kier molecular flexibility index (Phi) is 2.54. The number of thiazole rings is 1. The first-order chi connectivity index (χ1) is 6.33. The van der Waals surface area contributed by atoms with Gasteiger partial charge in [0, 0.05) is 11.4 Å². The Hall–Kier alpha value is -0.570. The third kappa shape index (κ3) is 2.02. The second-order valence-electron chi connectivity index (χ2n) is 3.65. The van der Waals surface area contributed by atoms with Gasteiger partial charge in [0.05, 0.1) is 5.69 Å². The Morgan fingerprint density at radius 1 is 1.62 bits per heavy atom. The molecule has 0 bridgehead atoms. The topological polar surface area (TPSA) is 24.9 Å². The second kappa shape index (κ2) is 3.66. The van der Waals surface area contributed by atoms with E-state index in [4.69, 9.17) is 0 Å². The molecule has 1 aliphatic carbocycles. The van der Waals surface area contributed by atoms with Crippen LogP contribution < -0.4 is 5.32 Å². The first kappa shape index (κ1) is 9.00. The zero-order chi connectivity index (χ0) is 9.26. The molecule has 0 radical (unpaired) electrons. The standard InChI is InChI=1S/C10H16N2S/c1-3-7-5-9(7)12-10-11-8(4-2)6-13-10/h6-7,9H,3-5H2,1-2H3,(H,11,12). The van der Waals surface area contributed by atoms with Crippen molar-refractivity contribution in [3.63, 3.8) is 0 Å². The third-order valence-corrected chi connectivity index (χ3v) is 3.49.